The van der Waals surface area contributed by atoms with E-state index in [1.54, 1.807) is 0 Å². The molecule has 61 heavy (non-hydrogen) atoms. The molecule has 1 aromatic heterocycles. The number of anilines is 3. The van der Waals surface area contributed by atoms with E-state index < -0.39 is 0 Å². The minimum atomic E-state index is 0.133. The zero-order valence-electron chi connectivity index (χ0n) is 33.1. The fourth-order valence-electron chi connectivity index (χ4n) is 8.44. The van der Waals surface area contributed by atoms with Gasteiger partial charge in [0.2, 0.25) is 0 Å². The first-order valence-electron chi connectivity index (χ1n) is 19.9. The number of para-hydroxylation sites is 1. The van der Waals surface area contributed by atoms with Gasteiger partial charge in [-0.1, -0.05) is 155 Å². The number of benzene rings is 9. The molecule has 0 spiro atoms. The Labute approximate surface area is 364 Å². The highest BCUT2D eigenvalue weighted by molar-refractivity contribution is 6.69. The molecule has 14 radical (unpaired) electrons. The molecule has 0 aliphatic carbocycles. The first-order chi connectivity index (χ1) is 29.7. The van der Waals surface area contributed by atoms with E-state index in [9.17, 15) is 0 Å². The number of hydrogen-bond acceptors (Lipinski definition) is 2. The maximum absolute atomic E-state index is 6.74. The van der Waals surface area contributed by atoms with Crippen molar-refractivity contribution in [1.29, 1.82) is 0 Å². The first-order valence-corrected chi connectivity index (χ1v) is 19.9. The minimum Gasteiger partial charge on any atom is -0.456 e. The SMILES string of the molecule is [B]c1c([B])c([B])c2c(oc3c(-c4ccc(N(c5ccc(-c6ccc(-c7ccc8ccccc8c7)cc6)cc5)c5ccccc5-c5ccccc5)cc4)c([B])c([B])c([B])c32)c1[B]. The summed E-state index contributed by atoms with van der Waals surface area (Å²) in [6, 6.07) is 59.3. The average molecular weight is 758 g/mol. The summed E-state index contributed by atoms with van der Waals surface area (Å²) < 4.78 is 6.41. The second-order valence-corrected chi connectivity index (χ2v) is 15.2. The van der Waals surface area contributed by atoms with Gasteiger partial charge in [-0.15, -0.1) is 16.4 Å². The van der Waals surface area contributed by atoms with Crippen LogP contribution in [-0.4, -0.2) is 54.9 Å². The van der Waals surface area contributed by atoms with Crippen LogP contribution in [0.4, 0.5) is 17.1 Å². The molecule has 0 atom stereocenters. The van der Waals surface area contributed by atoms with Gasteiger partial charge in [-0.2, -0.15) is 0 Å². The largest absolute Gasteiger partial charge is 0.456 e. The second-order valence-electron chi connectivity index (χ2n) is 15.2. The third kappa shape index (κ3) is 6.55. The monoisotopic (exact) mass is 759 g/mol. The van der Waals surface area contributed by atoms with Gasteiger partial charge in [0, 0.05) is 33.3 Å². The van der Waals surface area contributed by atoms with E-state index in [1.807, 2.05) is 18.2 Å². The third-order valence-electron chi connectivity index (χ3n) is 11.7. The average Bonchev–Trinajstić information content (AvgIpc) is 3.71. The minimum absolute atomic E-state index is 0.133. The van der Waals surface area contributed by atoms with Crippen LogP contribution >= 0.6 is 0 Å². The lowest BCUT2D eigenvalue weighted by Gasteiger charge is -2.28. The molecule has 0 aliphatic heterocycles. The van der Waals surface area contributed by atoms with Crippen molar-refractivity contribution in [1.82, 2.24) is 0 Å². The Kier molecular flexibility index (Phi) is 9.72. The van der Waals surface area contributed by atoms with Crippen LogP contribution in [0.5, 0.6) is 0 Å². The quantitative estimate of drug-likeness (QED) is 0.174. The van der Waals surface area contributed by atoms with Gasteiger partial charge in [0.1, 0.15) is 66.1 Å². The fourth-order valence-corrected chi connectivity index (χ4v) is 8.44. The van der Waals surface area contributed by atoms with Gasteiger partial charge in [0.25, 0.3) is 0 Å². The van der Waals surface area contributed by atoms with Crippen molar-refractivity contribution in [2.75, 3.05) is 4.90 Å². The predicted molar refractivity (Wildman–Crippen MR) is 265 cm³/mol. The topological polar surface area (TPSA) is 16.4 Å². The Balaban J connectivity index is 1.06. The molecule has 10 rings (SSSR count). The van der Waals surface area contributed by atoms with Crippen molar-refractivity contribution in [2.24, 2.45) is 0 Å². The lowest BCUT2D eigenvalue weighted by atomic mass is 9.64. The van der Waals surface area contributed by atoms with Crippen molar-refractivity contribution in [3.8, 4) is 44.5 Å². The Morgan fingerprint density at radius 1 is 0.328 bits per heavy atom. The highest BCUT2D eigenvalue weighted by Gasteiger charge is 2.23. The summed E-state index contributed by atoms with van der Waals surface area (Å²) in [6.45, 7) is 0. The van der Waals surface area contributed by atoms with E-state index in [0.29, 0.717) is 21.9 Å². The third-order valence-corrected chi connectivity index (χ3v) is 11.7. The van der Waals surface area contributed by atoms with E-state index in [4.69, 9.17) is 59.3 Å². The number of rotatable bonds is 7. The highest BCUT2D eigenvalue weighted by Crippen LogP contribution is 2.42. The molecule has 2 nitrogen and oxygen atoms in total. The number of hydrogen-bond donors (Lipinski definition) is 0. The molecule has 9 aromatic carbocycles. The molecule has 10 aromatic rings. The fraction of sp³-hybridized carbons (Fsp3) is 0. The number of nitrogens with zero attached hydrogens (tertiary/aromatic N) is 1. The van der Waals surface area contributed by atoms with Crippen LogP contribution in [0.3, 0.4) is 0 Å². The molecular formula is C52H28B7NO. The van der Waals surface area contributed by atoms with Crippen molar-refractivity contribution in [3.05, 3.63) is 170 Å². The molecular weight excluding hydrogens is 730 g/mol. The molecule has 0 fully saturated rings. The zero-order chi connectivity index (χ0) is 41.9. The molecule has 0 unspecified atom stereocenters. The molecule has 1 heterocycles. The molecule has 0 N–H and O–H groups in total. The van der Waals surface area contributed by atoms with Gasteiger partial charge in [0.15, 0.2) is 0 Å². The van der Waals surface area contributed by atoms with Gasteiger partial charge in [-0.3, -0.25) is 0 Å². The van der Waals surface area contributed by atoms with E-state index in [2.05, 4.69) is 157 Å². The maximum atomic E-state index is 6.74. The van der Waals surface area contributed by atoms with Crippen LogP contribution < -0.4 is 43.1 Å². The van der Waals surface area contributed by atoms with Crippen LogP contribution in [0.25, 0.3) is 77.2 Å². The van der Waals surface area contributed by atoms with E-state index in [-0.39, 0.29) is 43.8 Å². The standard InChI is InChI=1S/C52H28B7NO/c53-44-41(51-42(45(54)47(44)56)43-46(55)48(57)49(58)50(59)52(43)61-51)34-22-26-38(27-23-34)60(40-13-7-6-12-39(40)33-9-2-1-3-10-33)37-24-20-31(21-25-37)30-14-16-32(17-15-30)36-19-18-29-8-4-5-11-35(29)28-36/h1-28H. The molecule has 0 saturated heterocycles. The van der Waals surface area contributed by atoms with E-state index >= 15 is 0 Å². The van der Waals surface area contributed by atoms with Gasteiger partial charge in [0.05, 0.1) is 5.69 Å². The van der Waals surface area contributed by atoms with Crippen LogP contribution in [0.2, 0.25) is 0 Å². The summed E-state index contributed by atoms with van der Waals surface area (Å²) in [5.41, 5.74) is 12.9. The molecule has 0 aliphatic rings. The van der Waals surface area contributed by atoms with Gasteiger partial charge < -0.3 is 9.32 Å². The summed E-state index contributed by atoms with van der Waals surface area (Å²) in [7, 11) is 45.3. The van der Waals surface area contributed by atoms with E-state index in [0.717, 1.165) is 44.9 Å². The smallest absolute Gasteiger partial charge is 0.141 e. The molecule has 9 heteroatoms. The lowest BCUT2D eigenvalue weighted by Crippen LogP contribution is -2.47. The van der Waals surface area contributed by atoms with Crippen molar-refractivity contribution in [2.45, 2.75) is 0 Å². The normalized spacial score (nSPS) is 11.4. The lowest BCUT2D eigenvalue weighted by molar-refractivity contribution is 0.673. The van der Waals surface area contributed by atoms with Crippen molar-refractivity contribution in [3.63, 3.8) is 0 Å². The van der Waals surface area contributed by atoms with Gasteiger partial charge in [-0.25, -0.2) is 0 Å². The molecule has 268 valence electrons. The van der Waals surface area contributed by atoms with Gasteiger partial charge in [-0.05, 0) is 80.6 Å². The van der Waals surface area contributed by atoms with Crippen molar-refractivity contribution < 1.29 is 4.42 Å². The Morgan fingerprint density at radius 2 is 0.803 bits per heavy atom. The van der Waals surface area contributed by atoms with Crippen LogP contribution in [0, 0.1) is 0 Å². The summed E-state index contributed by atoms with van der Waals surface area (Å²) in [5, 5.41) is 3.37. The molecule has 0 saturated carbocycles. The summed E-state index contributed by atoms with van der Waals surface area (Å²) in [5.74, 6) is 0. The predicted octanol–water partition coefficient (Wildman–Crippen LogP) is 6.43. The van der Waals surface area contributed by atoms with Crippen LogP contribution in [-0.2, 0) is 0 Å². The van der Waals surface area contributed by atoms with Crippen molar-refractivity contribution >= 4 is 143 Å². The van der Waals surface area contributed by atoms with E-state index in [1.165, 1.54) is 21.9 Å². The Bertz CT molecular complexity index is 3310. The number of furan rings is 1. The molecule has 0 amide bonds. The zero-order valence-corrected chi connectivity index (χ0v) is 33.1. The maximum Gasteiger partial charge on any atom is 0.141 e. The highest BCUT2D eigenvalue weighted by atomic mass is 16.3. The summed E-state index contributed by atoms with van der Waals surface area (Å²) >= 11 is 0. The molecule has 0 bridgehead atoms. The summed E-state index contributed by atoms with van der Waals surface area (Å²) in [4.78, 5) is 2.25. The van der Waals surface area contributed by atoms with Crippen LogP contribution in [0.15, 0.2) is 174 Å². The summed E-state index contributed by atoms with van der Waals surface area (Å²) in [6.07, 6.45) is 0. The second kappa shape index (κ2) is 15.4. The number of fused-ring (bicyclic) bond motifs is 4. The first kappa shape index (κ1) is 38.5. The Hall–Kier alpha value is -6.71. The van der Waals surface area contributed by atoms with Crippen LogP contribution in [0.1, 0.15) is 0 Å². The Morgan fingerprint density at radius 3 is 1.46 bits per heavy atom. The van der Waals surface area contributed by atoms with Gasteiger partial charge >= 0.3 is 0 Å².